The van der Waals surface area contributed by atoms with Crippen LogP contribution in [0.25, 0.3) is 0 Å². The van der Waals surface area contributed by atoms with Crippen molar-refractivity contribution in [2.75, 3.05) is 26.3 Å². The van der Waals surface area contributed by atoms with Crippen LogP contribution in [0.5, 0.6) is 0 Å². The summed E-state index contributed by atoms with van der Waals surface area (Å²) in [6.45, 7) is 6.19. The van der Waals surface area contributed by atoms with Crippen LogP contribution < -0.4 is 0 Å². The van der Waals surface area contributed by atoms with Crippen molar-refractivity contribution < 1.29 is 9.53 Å². The number of carbonyl (C=O) groups excluding carboxylic acids is 1. The predicted molar refractivity (Wildman–Crippen MR) is 84.3 cm³/mol. The topological polar surface area (TPSA) is 29.5 Å². The summed E-state index contributed by atoms with van der Waals surface area (Å²) in [5.41, 5.74) is 0. The lowest BCUT2D eigenvalue weighted by Crippen LogP contribution is -2.52. The number of morpholine rings is 1. The van der Waals surface area contributed by atoms with E-state index in [1.807, 2.05) is 0 Å². The maximum Gasteiger partial charge on any atom is 0.137 e. The summed E-state index contributed by atoms with van der Waals surface area (Å²) >= 11 is 0. The van der Waals surface area contributed by atoms with Crippen molar-refractivity contribution >= 4 is 5.78 Å². The molecule has 0 spiro atoms. The Balaban J connectivity index is 1.60. The highest BCUT2D eigenvalue weighted by atomic mass is 16.5. The largest absolute Gasteiger partial charge is 0.378 e. The van der Waals surface area contributed by atoms with Gasteiger partial charge in [-0.2, -0.15) is 0 Å². The smallest absolute Gasteiger partial charge is 0.137 e. The van der Waals surface area contributed by atoms with E-state index in [4.69, 9.17) is 4.74 Å². The van der Waals surface area contributed by atoms with Crippen LogP contribution >= 0.6 is 0 Å². The van der Waals surface area contributed by atoms with Crippen LogP contribution in [0, 0.1) is 17.8 Å². The molecule has 1 heterocycles. The molecule has 2 aliphatic carbocycles. The minimum Gasteiger partial charge on any atom is -0.378 e. The molecule has 120 valence electrons. The van der Waals surface area contributed by atoms with Gasteiger partial charge in [-0.3, -0.25) is 9.69 Å². The Bertz CT molecular complexity index is 357. The molecular weight excluding hydrogens is 262 g/mol. The number of carbonyl (C=O) groups is 1. The molecule has 1 aliphatic heterocycles. The summed E-state index contributed by atoms with van der Waals surface area (Å²) in [6, 6.07) is 0.371. The molecule has 4 atom stereocenters. The predicted octanol–water partition coefficient (Wildman–Crippen LogP) is 3.27. The van der Waals surface area contributed by atoms with Crippen molar-refractivity contribution in [3.05, 3.63) is 0 Å². The standard InChI is InChI=1S/C18H31NO2/c1-2-14-5-3-6-15(11-14)12-19-9-10-21-13-17(19)16-7-4-8-18(16)20/h14-17H,2-13H2,1H3/t14-,15+,16+,17-/m1/s1. The summed E-state index contributed by atoms with van der Waals surface area (Å²) in [7, 11) is 0. The monoisotopic (exact) mass is 293 g/mol. The van der Waals surface area contributed by atoms with E-state index in [0.717, 1.165) is 50.9 Å². The van der Waals surface area contributed by atoms with E-state index in [1.54, 1.807) is 0 Å². The molecule has 3 rings (SSSR count). The molecule has 0 bridgehead atoms. The third-order valence-corrected chi connectivity index (χ3v) is 6.06. The molecule has 3 aliphatic rings. The molecule has 0 aromatic carbocycles. The Kier molecular flexibility index (Phi) is 5.33. The van der Waals surface area contributed by atoms with Gasteiger partial charge in [0.25, 0.3) is 0 Å². The van der Waals surface area contributed by atoms with E-state index in [1.165, 1.54) is 38.6 Å². The van der Waals surface area contributed by atoms with Gasteiger partial charge in [-0.15, -0.1) is 0 Å². The van der Waals surface area contributed by atoms with E-state index in [0.29, 0.717) is 11.8 Å². The SMILES string of the molecule is CC[C@@H]1CCC[C@H](CN2CCOC[C@@H]2[C@@H]2CCCC2=O)C1. The Labute approximate surface area is 129 Å². The van der Waals surface area contributed by atoms with Gasteiger partial charge < -0.3 is 4.74 Å². The second-order valence-corrected chi connectivity index (χ2v) is 7.41. The van der Waals surface area contributed by atoms with Gasteiger partial charge >= 0.3 is 0 Å². The summed E-state index contributed by atoms with van der Waals surface area (Å²) in [5, 5.41) is 0. The average Bonchev–Trinajstić information content (AvgIpc) is 2.94. The molecule has 0 amide bonds. The van der Waals surface area contributed by atoms with Crippen molar-refractivity contribution in [1.29, 1.82) is 0 Å². The summed E-state index contributed by atoms with van der Waals surface area (Å²) in [4.78, 5) is 14.7. The van der Waals surface area contributed by atoms with Gasteiger partial charge in [-0.1, -0.05) is 26.2 Å². The molecule has 0 N–H and O–H groups in total. The first-order valence-corrected chi connectivity index (χ1v) is 9.12. The normalized spacial score (nSPS) is 38.8. The van der Waals surface area contributed by atoms with Gasteiger partial charge in [0, 0.05) is 31.5 Å². The highest BCUT2D eigenvalue weighted by Gasteiger charge is 2.38. The third kappa shape index (κ3) is 3.68. The maximum atomic E-state index is 12.1. The van der Waals surface area contributed by atoms with E-state index in [2.05, 4.69) is 11.8 Å². The molecule has 3 heteroatoms. The van der Waals surface area contributed by atoms with E-state index in [-0.39, 0.29) is 5.92 Å². The fraction of sp³-hybridized carbons (Fsp3) is 0.944. The summed E-state index contributed by atoms with van der Waals surface area (Å²) < 4.78 is 5.71. The Morgan fingerprint density at radius 2 is 2.05 bits per heavy atom. The molecule has 3 fully saturated rings. The fourth-order valence-electron chi connectivity index (χ4n) is 4.77. The first kappa shape index (κ1) is 15.5. The van der Waals surface area contributed by atoms with Crippen molar-refractivity contribution in [1.82, 2.24) is 4.90 Å². The van der Waals surface area contributed by atoms with Crippen LogP contribution in [0.4, 0.5) is 0 Å². The van der Waals surface area contributed by atoms with Crippen LogP contribution in [-0.4, -0.2) is 43.0 Å². The molecule has 0 radical (unpaired) electrons. The van der Waals surface area contributed by atoms with Gasteiger partial charge in [0.05, 0.1) is 13.2 Å². The lowest BCUT2D eigenvalue weighted by atomic mass is 9.79. The Morgan fingerprint density at radius 3 is 2.81 bits per heavy atom. The van der Waals surface area contributed by atoms with E-state index >= 15 is 0 Å². The van der Waals surface area contributed by atoms with Crippen molar-refractivity contribution in [3.8, 4) is 0 Å². The van der Waals surface area contributed by atoms with Gasteiger partial charge in [0.2, 0.25) is 0 Å². The number of nitrogens with zero attached hydrogens (tertiary/aromatic N) is 1. The van der Waals surface area contributed by atoms with Crippen molar-refractivity contribution in [2.24, 2.45) is 17.8 Å². The second-order valence-electron chi connectivity index (χ2n) is 7.41. The van der Waals surface area contributed by atoms with Crippen LogP contribution in [0.3, 0.4) is 0 Å². The van der Waals surface area contributed by atoms with Crippen molar-refractivity contribution in [3.63, 3.8) is 0 Å². The first-order valence-electron chi connectivity index (χ1n) is 9.12. The second kappa shape index (κ2) is 7.23. The molecule has 3 nitrogen and oxygen atoms in total. The zero-order chi connectivity index (χ0) is 14.7. The number of hydrogen-bond acceptors (Lipinski definition) is 3. The Hall–Kier alpha value is -0.410. The Morgan fingerprint density at radius 1 is 1.19 bits per heavy atom. The molecule has 0 aromatic heterocycles. The van der Waals surface area contributed by atoms with Crippen molar-refractivity contribution in [2.45, 2.75) is 64.3 Å². The van der Waals surface area contributed by atoms with Crippen LogP contribution in [0.1, 0.15) is 58.3 Å². The molecular formula is C18H31NO2. The zero-order valence-electron chi connectivity index (χ0n) is 13.6. The number of hydrogen-bond donors (Lipinski definition) is 0. The van der Waals surface area contributed by atoms with E-state index < -0.39 is 0 Å². The quantitative estimate of drug-likeness (QED) is 0.796. The van der Waals surface area contributed by atoms with Crippen LogP contribution in [0.2, 0.25) is 0 Å². The van der Waals surface area contributed by atoms with Crippen LogP contribution in [-0.2, 0) is 9.53 Å². The van der Waals surface area contributed by atoms with Crippen LogP contribution in [0.15, 0.2) is 0 Å². The lowest BCUT2D eigenvalue weighted by molar-refractivity contribution is -0.126. The number of rotatable bonds is 4. The molecule has 2 saturated carbocycles. The van der Waals surface area contributed by atoms with Gasteiger partial charge in [-0.05, 0) is 37.5 Å². The minimum atomic E-state index is 0.260. The fourth-order valence-corrected chi connectivity index (χ4v) is 4.77. The van der Waals surface area contributed by atoms with Gasteiger partial charge in [0.1, 0.15) is 5.78 Å². The average molecular weight is 293 g/mol. The summed E-state index contributed by atoms with van der Waals surface area (Å²) in [6.07, 6.45) is 9.95. The third-order valence-electron chi connectivity index (χ3n) is 6.06. The summed E-state index contributed by atoms with van der Waals surface area (Å²) in [5.74, 6) is 2.54. The highest BCUT2D eigenvalue weighted by Crippen LogP contribution is 2.34. The van der Waals surface area contributed by atoms with Gasteiger partial charge in [-0.25, -0.2) is 0 Å². The zero-order valence-corrected chi connectivity index (χ0v) is 13.6. The first-order chi connectivity index (χ1) is 10.3. The highest BCUT2D eigenvalue weighted by molar-refractivity contribution is 5.83. The lowest BCUT2D eigenvalue weighted by Gasteiger charge is -2.41. The molecule has 21 heavy (non-hydrogen) atoms. The molecule has 0 unspecified atom stereocenters. The minimum absolute atomic E-state index is 0.260. The number of ketones is 1. The number of Topliss-reactive ketones (excluding diaryl/α,β-unsaturated/α-hetero) is 1. The van der Waals surface area contributed by atoms with Gasteiger partial charge in [0.15, 0.2) is 0 Å². The van der Waals surface area contributed by atoms with E-state index in [9.17, 15) is 4.79 Å². The number of ether oxygens (including phenoxy) is 1. The molecule has 1 saturated heterocycles. The maximum absolute atomic E-state index is 12.1. The molecule has 0 aromatic rings.